The summed E-state index contributed by atoms with van der Waals surface area (Å²) in [5.74, 6) is -0.396. The Bertz CT molecular complexity index is 1110. The van der Waals surface area contributed by atoms with Crippen LogP contribution in [0.3, 0.4) is 0 Å². The lowest BCUT2D eigenvalue weighted by Gasteiger charge is -2.26. The third-order valence-corrected chi connectivity index (χ3v) is 5.56. The number of carbonyl (C=O) groups excluding carboxylic acids is 2. The molecule has 0 unspecified atom stereocenters. The number of rotatable bonds is 10. The van der Waals surface area contributed by atoms with Gasteiger partial charge in [-0.15, -0.1) is 11.8 Å². The Morgan fingerprint density at radius 1 is 1.15 bits per heavy atom. The number of benzene rings is 1. The zero-order valence-electron chi connectivity index (χ0n) is 19.8. The molecule has 9 nitrogen and oxygen atoms in total. The zero-order chi connectivity index (χ0) is 24.7. The van der Waals surface area contributed by atoms with Gasteiger partial charge in [0.2, 0.25) is 11.8 Å². The van der Waals surface area contributed by atoms with Crippen LogP contribution < -0.4 is 27.2 Å². The number of thioether (sulfide) groups is 1. The number of aromatic amines is 1. The molecule has 10 heteroatoms. The summed E-state index contributed by atoms with van der Waals surface area (Å²) in [4.78, 5) is 53.8. The maximum absolute atomic E-state index is 13.1. The van der Waals surface area contributed by atoms with Gasteiger partial charge in [-0.2, -0.15) is 0 Å². The lowest BCUT2D eigenvalue weighted by atomic mass is 10.2. The summed E-state index contributed by atoms with van der Waals surface area (Å²) in [5, 5.41) is 2.80. The monoisotopic (exact) mass is 475 g/mol. The molecule has 0 aliphatic heterocycles. The summed E-state index contributed by atoms with van der Waals surface area (Å²) in [6.07, 6.45) is 0. The van der Waals surface area contributed by atoms with E-state index < -0.39 is 11.2 Å². The molecular formula is C23H33N5O4S. The van der Waals surface area contributed by atoms with Gasteiger partial charge in [0.1, 0.15) is 5.82 Å². The summed E-state index contributed by atoms with van der Waals surface area (Å²) >= 11 is 1.15. The minimum absolute atomic E-state index is 0.0177. The summed E-state index contributed by atoms with van der Waals surface area (Å²) in [5.41, 5.74) is 6.59. The number of anilines is 3. The maximum atomic E-state index is 13.1. The SMILES string of the molecule is Cc1cccc(NC(=O)CSCC(=O)N(CC(C)C)c2c(N)n(CC(C)C)c(=O)[nH]c2=O)c1. The number of nitrogen functional groups attached to an aromatic ring is 1. The zero-order valence-corrected chi connectivity index (χ0v) is 20.6. The van der Waals surface area contributed by atoms with E-state index in [0.29, 0.717) is 12.2 Å². The quantitative estimate of drug-likeness (QED) is 0.484. The van der Waals surface area contributed by atoms with E-state index in [9.17, 15) is 19.2 Å². The molecule has 0 saturated heterocycles. The maximum Gasteiger partial charge on any atom is 0.330 e. The van der Waals surface area contributed by atoms with E-state index in [4.69, 9.17) is 5.73 Å². The van der Waals surface area contributed by atoms with Crippen LogP contribution in [0.15, 0.2) is 33.9 Å². The van der Waals surface area contributed by atoms with Gasteiger partial charge >= 0.3 is 5.69 Å². The van der Waals surface area contributed by atoms with Gasteiger partial charge in [0.15, 0.2) is 5.69 Å². The number of aromatic nitrogens is 2. The van der Waals surface area contributed by atoms with Gasteiger partial charge in [0.25, 0.3) is 5.56 Å². The van der Waals surface area contributed by atoms with E-state index in [0.717, 1.165) is 17.3 Å². The molecule has 0 fully saturated rings. The summed E-state index contributed by atoms with van der Waals surface area (Å²) < 4.78 is 1.28. The fraction of sp³-hybridized carbons (Fsp3) is 0.478. The highest BCUT2D eigenvalue weighted by atomic mass is 32.2. The van der Waals surface area contributed by atoms with Crippen molar-refractivity contribution >= 4 is 40.8 Å². The Labute approximate surface area is 197 Å². The predicted octanol–water partition coefficient (Wildman–Crippen LogP) is 2.44. The Kier molecular flexibility index (Phi) is 9.33. The molecule has 1 heterocycles. The second-order valence-corrected chi connectivity index (χ2v) is 9.79. The number of aryl methyl sites for hydroxylation is 1. The number of nitrogens with two attached hydrogens (primary N) is 1. The van der Waals surface area contributed by atoms with E-state index >= 15 is 0 Å². The Balaban J connectivity index is 2.16. The van der Waals surface area contributed by atoms with Gasteiger partial charge < -0.3 is 16.0 Å². The van der Waals surface area contributed by atoms with Gasteiger partial charge in [0.05, 0.1) is 11.5 Å². The lowest BCUT2D eigenvalue weighted by Crippen LogP contribution is -2.43. The van der Waals surface area contributed by atoms with E-state index in [1.165, 1.54) is 9.47 Å². The third-order valence-electron chi connectivity index (χ3n) is 4.64. The highest BCUT2D eigenvalue weighted by Crippen LogP contribution is 2.20. The minimum atomic E-state index is -0.700. The van der Waals surface area contributed by atoms with Crippen molar-refractivity contribution in [3.63, 3.8) is 0 Å². The van der Waals surface area contributed by atoms with Crippen molar-refractivity contribution in [3.05, 3.63) is 50.7 Å². The van der Waals surface area contributed by atoms with Crippen LogP contribution in [-0.2, 0) is 16.1 Å². The number of hydrogen-bond acceptors (Lipinski definition) is 6. The van der Waals surface area contributed by atoms with Gasteiger partial charge in [-0.1, -0.05) is 39.8 Å². The Morgan fingerprint density at radius 2 is 1.85 bits per heavy atom. The van der Waals surface area contributed by atoms with E-state index in [1.807, 2.05) is 52.8 Å². The highest BCUT2D eigenvalue weighted by Gasteiger charge is 2.25. The van der Waals surface area contributed by atoms with E-state index in [-0.39, 0.29) is 53.2 Å². The molecule has 2 amide bonds. The van der Waals surface area contributed by atoms with Crippen LogP contribution in [0.1, 0.15) is 33.3 Å². The van der Waals surface area contributed by atoms with Crippen LogP contribution in [0.25, 0.3) is 0 Å². The molecular weight excluding hydrogens is 442 g/mol. The first-order valence-electron chi connectivity index (χ1n) is 10.9. The number of nitrogens with zero attached hydrogens (tertiary/aromatic N) is 2. The topological polar surface area (TPSA) is 130 Å². The van der Waals surface area contributed by atoms with Crippen molar-refractivity contribution in [2.24, 2.45) is 11.8 Å². The molecule has 0 bridgehead atoms. The van der Waals surface area contributed by atoms with Crippen LogP contribution in [-0.4, -0.2) is 39.4 Å². The minimum Gasteiger partial charge on any atom is -0.383 e. The first-order valence-corrected chi connectivity index (χ1v) is 12.0. The van der Waals surface area contributed by atoms with Crippen molar-refractivity contribution in [2.75, 3.05) is 34.0 Å². The lowest BCUT2D eigenvalue weighted by molar-refractivity contribution is -0.116. The smallest absolute Gasteiger partial charge is 0.330 e. The average Bonchev–Trinajstić information content (AvgIpc) is 2.69. The van der Waals surface area contributed by atoms with Gasteiger partial charge in [-0.25, -0.2) is 4.79 Å². The third kappa shape index (κ3) is 7.52. The van der Waals surface area contributed by atoms with Crippen LogP contribution in [0.5, 0.6) is 0 Å². The van der Waals surface area contributed by atoms with Crippen molar-refractivity contribution in [1.29, 1.82) is 0 Å². The fourth-order valence-corrected chi connectivity index (χ4v) is 3.99. The summed E-state index contributed by atoms with van der Waals surface area (Å²) in [7, 11) is 0. The van der Waals surface area contributed by atoms with Crippen molar-refractivity contribution in [3.8, 4) is 0 Å². The number of nitrogens with one attached hydrogen (secondary N) is 2. The molecule has 4 N–H and O–H groups in total. The second kappa shape index (κ2) is 11.7. The molecule has 0 saturated carbocycles. The summed E-state index contributed by atoms with van der Waals surface area (Å²) in [6, 6.07) is 7.45. The van der Waals surface area contributed by atoms with E-state index in [1.54, 1.807) is 6.07 Å². The van der Waals surface area contributed by atoms with Crippen molar-refractivity contribution in [1.82, 2.24) is 9.55 Å². The number of carbonyl (C=O) groups is 2. The Morgan fingerprint density at radius 3 is 2.45 bits per heavy atom. The first kappa shape index (κ1) is 26.2. The Hall–Kier alpha value is -3.01. The molecule has 33 heavy (non-hydrogen) atoms. The standard InChI is InChI=1S/C23H33N5O4S/c1-14(2)10-27(20-21(24)28(11-15(3)4)23(32)26-22(20)31)19(30)13-33-12-18(29)25-17-8-6-7-16(5)9-17/h6-9,14-15H,10-13,24H2,1-5H3,(H,25,29)(H,26,31,32). The molecule has 1 aromatic heterocycles. The number of H-pyrrole nitrogens is 1. The highest BCUT2D eigenvalue weighted by molar-refractivity contribution is 8.00. The first-order chi connectivity index (χ1) is 15.5. The van der Waals surface area contributed by atoms with Crippen LogP contribution >= 0.6 is 11.8 Å². The normalized spacial score (nSPS) is 11.1. The molecule has 0 aliphatic rings. The van der Waals surface area contributed by atoms with Crippen LogP contribution in [0.2, 0.25) is 0 Å². The number of amides is 2. The van der Waals surface area contributed by atoms with Gasteiger partial charge in [0, 0.05) is 18.8 Å². The van der Waals surface area contributed by atoms with E-state index in [2.05, 4.69) is 10.3 Å². The largest absolute Gasteiger partial charge is 0.383 e. The predicted molar refractivity (Wildman–Crippen MR) is 135 cm³/mol. The summed E-state index contributed by atoms with van der Waals surface area (Å²) in [6.45, 7) is 10.2. The number of hydrogen-bond donors (Lipinski definition) is 3. The molecule has 2 rings (SSSR count). The second-order valence-electron chi connectivity index (χ2n) is 8.81. The molecule has 2 aromatic rings. The molecule has 1 aromatic carbocycles. The van der Waals surface area contributed by atoms with Crippen molar-refractivity contribution < 1.29 is 9.59 Å². The van der Waals surface area contributed by atoms with Crippen molar-refractivity contribution in [2.45, 2.75) is 41.2 Å². The van der Waals surface area contributed by atoms with Crippen LogP contribution in [0.4, 0.5) is 17.2 Å². The molecule has 0 aliphatic carbocycles. The molecule has 180 valence electrons. The molecule has 0 radical (unpaired) electrons. The van der Waals surface area contributed by atoms with Crippen LogP contribution in [0, 0.1) is 18.8 Å². The van der Waals surface area contributed by atoms with Gasteiger partial charge in [-0.3, -0.25) is 23.9 Å². The van der Waals surface area contributed by atoms with Gasteiger partial charge in [-0.05, 0) is 36.5 Å². The molecule has 0 spiro atoms. The fourth-order valence-electron chi connectivity index (χ4n) is 3.30. The molecule has 0 atom stereocenters. The average molecular weight is 476 g/mol.